The molecule has 0 amide bonds. The second-order valence-electron chi connectivity index (χ2n) is 3.83. The summed E-state index contributed by atoms with van der Waals surface area (Å²) in [5.74, 6) is 1.04. The second-order valence-corrected chi connectivity index (χ2v) is 4.24. The fraction of sp³-hybridized carbons (Fsp3) is 0.417. The average Bonchev–Trinajstić information content (AvgIpc) is 2.68. The molecule has 1 unspecified atom stereocenters. The van der Waals surface area contributed by atoms with E-state index < -0.39 is 0 Å². The molecule has 0 saturated heterocycles. The van der Waals surface area contributed by atoms with Crippen LogP contribution >= 0.6 is 11.6 Å². The Morgan fingerprint density at radius 2 is 2.25 bits per heavy atom. The van der Waals surface area contributed by atoms with E-state index in [1.54, 1.807) is 0 Å². The normalized spacial score (nSPS) is 13.2. The van der Waals surface area contributed by atoms with Crippen molar-refractivity contribution in [3.63, 3.8) is 0 Å². The Morgan fingerprint density at radius 3 is 2.88 bits per heavy atom. The molecular formula is C12H16ClN3. The third-order valence-corrected chi connectivity index (χ3v) is 3.19. The minimum absolute atomic E-state index is 0.225. The molecule has 16 heavy (non-hydrogen) atoms. The third-order valence-electron chi connectivity index (χ3n) is 2.88. The summed E-state index contributed by atoms with van der Waals surface area (Å²) in [5.41, 5.74) is 2.00. The van der Waals surface area contributed by atoms with Crippen molar-refractivity contribution in [1.29, 1.82) is 0 Å². The molecule has 86 valence electrons. The fourth-order valence-electron chi connectivity index (χ4n) is 1.94. The number of aryl methyl sites for hydroxylation is 1. The number of aromatic nitrogens is 2. The van der Waals surface area contributed by atoms with Crippen LogP contribution in [0.15, 0.2) is 18.2 Å². The Labute approximate surface area is 100 Å². The van der Waals surface area contributed by atoms with Crippen molar-refractivity contribution in [3.05, 3.63) is 29.0 Å². The summed E-state index contributed by atoms with van der Waals surface area (Å²) in [6.45, 7) is 5.08. The van der Waals surface area contributed by atoms with Crippen LogP contribution in [0, 0.1) is 0 Å². The predicted octanol–water partition coefficient (Wildman–Crippen LogP) is 2.99. The number of nitrogens with zero attached hydrogens (tertiary/aromatic N) is 2. The summed E-state index contributed by atoms with van der Waals surface area (Å²) < 4.78 is 2.17. The Hall–Kier alpha value is -1.06. The van der Waals surface area contributed by atoms with E-state index in [1.807, 2.05) is 25.2 Å². The van der Waals surface area contributed by atoms with Gasteiger partial charge in [0.1, 0.15) is 5.82 Å². The van der Waals surface area contributed by atoms with Crippen LogP contribution < -0.4 is 5.32 Å². The van der Waals surface area contributed by atoms with Gasteiger partial charge in [0.25, 0.3) is 0 Å². The number of benzene rings is 1. The Morgan fingerprint density at radius 1 is 1.50 bits per heavy atom. The molecule has 1 heterocycles. The summed E-state index contributed by atoms with van der Waals surface area (Å²) in [6.07, 6.45) is 0. The number of hydrogen-bond donors (Lipinski definition) is 1. The van der Waals surface area contributed by atoms with Gasteiger partial charge in [0, 0.05) is 6.54 Å². The molecule has 1 N–H and O–H groups in total. The van der Waals surface area contributed by atoms with E-state index in [-0.39, 0.29) is 6.04 Å². The lowest BCUT2D eigenvalue weighted by molar-refractivity contribution is 0.570. The van der Waals surface area contributed by atoms with Crippen molar-refractivity contribution in [2.45, 2.75) is 26.4 Å². The number of nitrogens with one attached hydrogen (secondary N) is 1. The minimum Gasteiger partial charge on any atom is -0.326 e. The molecule has 0 aliphatic heterocycles. The summed E-state index contributed by atoms with van der Waals surface area (Å²) in [7, 11) is 1.94. The average molecular weight is 238 g/mol. The molecule has 0 radical (unpaired) electrons. The Kier molecular flexibility index (Phi) is 3.17. The topological polar surface area (TPSA) is 29.9 Å². The molecule has 4 heteroatoms. The largest absolute Gasteiger partial charge is 0.326 e. The molecule has 0 aliphatic carbocycles. The summed E-state index contributed by atoms with van der Waals surface area (Å²) in [6, 6.07) is 6.07. The lowest BCUT2D eigenvalue weighted by atomic mass is 10.3. The van der Waals surface area contributed by atoms with E-state index in [4.69, 9.17) is 11.6 Å². The van der Waals surface area contributed by atoms with Crippen LogP contribution in [0.4, 0.5) is 0 Å². The van der Waals surface area contributed by atoms with Gasteiger partial charge in [-0.1, -0.05) is 17.7 Å². The van der Waals surface area contributed by atoms with E-state index in [9.17, 15) is 0 Å². The zero-order valence-electron chi connectivity index (χ0n) is 9.79. The zero-order valence-corrected chi connectivity index (χ0v) is 10.5. The second kappa shape index (κ2) is 4.44. The number of rotatable bonds is 3. The third kappa shape index (κ3) is 1.70. The smallest absolute Gasteiger partial charge is 0.126 e. The van der Waals surface area contributed by atoms with Gasteiger partial charge in [-0.15, -0.1) is 0 Å². The quantitative estimate of drug-likeness (QED) is 0.890. The molecule has 0 aliphatic rings. The number of imidazole rings is 1. The fourth-order valence-corrected chi connectivity index (χ4v) is 2.21. The Balaban J connectivity index is 2.72. The van der Waals surface area contributed by atoms with Gasteiger partial charge in [0.2, 0.25) is 0 Å². The van der Waals surface area contributed by atoms with Gasteiger partial charge in [0.05, 0.1) is 22.1 Å². The van der Waals surface area contributed by atoms with Gasteiger partial charge in [-0.05, 0) is 33.0 Å². The van der Waals surface area contributed by atoms with Crippen molar-refractivity contribution in [3.8, 4) is 0 Å². The van der Waals surface area contributed by atoms with Crippen LogP contribution in [-0.2, 0) is 6.54 Å². The van der Waals surface area contributed by atoms with Crippen molar-refractivity contribution >= 4 is 22.6 Å². The molecule has 1 aromatic heterocycles. The van der Waals surface area contributed by atoms with E-state index in [0.717, 1.165) is 28.4 Å². The number of halogens is 1. The molecule has 1 atom stereocenters. The van der Waals surface area contributed by atoms with E-state index in [0.29, 0.717) is 0 Å². The molecule has 0 fully saturated rings. The highest BCUT2D eigenvalue weighted by Gasteiger charge is 2.15. The first kappa shape index (κ1) is 11.4. The molecule has 3 nitrogen and oxygen atoms in total. The van der Waals surface area contributed by atoms with Crippen molar-refractivity contribution in [2.24, 2.45) is 0 Å². The molecule has 2 aromatic rings. The van der Waals surface area contributed by atoms with E-state index >= 15 is 0 Å². The zero-order chi connectivity index (χ0) is 11.7. The lowest BCUT2D eigenvalue weighted by Crippen LogP contribution is -2.17. The van der Waals surface area contributed by atoms with Gasteiger partial charge in [-0.25, -0.2) is 4.98 Å². The van der Waals surface area contributed by atoms with Gasteiger partial charge in [-0.2, -0.15) is 0 Å². The summed E-state index contributed by atoms with van der Waals surface area (Å²) in [5, 5.41) is 3.98. The SMILES string of the molecule is CCn1c(C(C)NC)nc2cccc(Cl)c21. The van der Waals surface area contributed by atoms with Crippen LogP contribution in [0.2, 0.25) is 5.02 Å². The first-order valence-corrected chi connectivity index (χ1v) is 5.88. The van der Waals surface area contributed by atoms with Crippen LogP contribution in [0.1, 0.15) is 25.7 Å². The number of fused-ring (bicyclic) bond motifs is 1. The summed E-state index contributed by atoms with van der Waals surface area (Å²) in [4.78, 5) is 4.63. The molecular weight excluding hydrogens is 222 g/mol. The maximum absolute atomic E-state index is 6.22. The first-order chi connectivity index (χ1) is 7.69. The van der Waals surface area contributed by atoms with Crippen molar-refractivity contribution in [2.75, 3.05) is 7.05 Å². The van der Waals surface area contributed by atoms with E-state index in [2.05, 4.69) is 28.7 Å². The van der Waals surface area contributed by atoms with Gasteiger partial charge < -0.3 is 9.88 Å². The molecule has 1 aromatic carbocycles. The van der Waals surface area contributed by atoms with Crippen molar-refractivity contribution in [1.82, 2.24) is 14.9 Å². The predicted molar refractivity (Wildman–Crippen MR) is 67.9 cm³/mol. The number of para-hydroxylation sites is 1. The highest BCUT2D eigenvalue weighted by molar-refractivity contribution is 6.35. The van der Waals surface area contributed by atoms with Crippen LogP contribution in [0.3, 0.4) is 0 Å². The monoisotopic (exact) mass is 237 g/mol. The molecule has 0 spiro atoms. The van der Waals surface area contributed by atoms with Crippen LogP contribution in [-0.4, -0.2) is 16.6 Å². The molecule has 2 rings (SSSR count). The standard InChI is InChI=1S/C12H16ClN3/c1-4-16-11-9(13)6-5-7-10(11)15-12(16)8(2)14-3/h5-8,14H,4H2,1-3H3. The molecule has 0 saturated carbocycles. The van der Waals surface area contributed by atoms with Crippen LogP contribution in [0.25, 0.3) is 11.0 Å². The minimum atomic E-state index is 0.225. The lowest BCUT2D eigenvalue weighted by Gasteiger charge is -2.12. The first-order valence-electron chi connectivity index (χ1n) is 5.51. The number of hydrogen-bond acceptors (Lipinski definition) is 2. The summed E-state index contributed by atoms with van der Waals surface area (Å²) >= 11 is 6.22. The van der Waals surface area contributed by atoms with Gasteiger partial charge in [-0.3, -0.25) is 0 Å². The van der Waals surface area contributed by atoms with Gasteiger partial charge >= 0.3 is 0 Å². The highest BCUT2D eigenvalue weighted by Crippen LogP contribution is 2.26. The Bertz CT molecular complexity index is 504. The van der Waals surface area contributed by atoms with Crippen molar-refractivity contribution < 1.29 is 0 Å². The van der Waals surface area contributed by atoms with E-state index in [1.165, 1.54) is 0 Å². The van der Waals surface area contributed by atoms with Gasteiger partial charge in [0.15, 0.2) is 0 Å². The maximum atomic E-state index is 6.22. The highest BCUT2D eigenvalue weighted by atomic mass is 35.5. The van der Waals surface area contributed by atoms with Crippen LogP contribution in [0.5, 0.6) is 0 Å². The maximum Gasteiger partial charge on any atom is 0.126 e. The molecule has 0 bridgehead atoms.